The number of halogens is 2. The molecule has 0 bridgehead atoms. The lowest BCUT2D eigenvalue weighted by molar-refractivity contribution is 0.0952. The van der Waals surface area contributed by atoms with E-state index in [4.69, 9.17) is 28.3 Å². The van der Waals surface area contributed by atoms with Gasteiger partial charge in [0.1, 0.15) is 4.90 Å². The Morgan fingerprint density at radius 3 is 2.48 bits per heavy atom. The smallest absolute Gasteiger partial charge is 0.251 e. The van der Waals surface area contributed by atoms with Crippen LogP contribution in [-0.2, 0) is 10.0 Å². The molecule has 0 aliphatic carbocycles. The molecule has 1 rings (SSSR count). The lowest BCUT2D eigenvalue weighted by Crippen LogP contribution is -2.25. The number of hydrogen-bond acceptors (Lipinski definition) is 3. The van der Waals surface area contributed by atoms with E-state index in [1.165, 1.54) is 6.07 Å². The summed E-state index contributed by atoms with van der Waals surface area (Å²) in [6.07, 6.45) is 4.11. The molecule has 0 heterocycles. The van der Waals surface area contributed by atoms with Gasteiger partial charge >= 0.3 is 0 Å². The molecule has 1 aromatic rings. The van der Waals surface area contributed by atoms with Gasteiger partial charge in [-0.25, -0.2) is 13.6 Å². The standard InChI is InChI=1S/C13H18Cl2N2O3S/c1-2-3-4-5-6-17-13(18)9-7-10(14)12(15)11(8-9)21(16,19)20/h7-8H,2-6H2,1H3,(H,17,18)(H2,16,19,20). The highest BCUT2D eigenvalue weighted by molar-refractivity contribution is 7.89. The number of sulfonamides is 1. The van der Waals surface area contributed by atoms with E-state index in [1.54, 1.807) is 0 Å². The van der Waals surface area contributed by atoms with Gasteiger partial charge in [0.2, 0.25) is 10.0 Å². The third-order valence-electron chi connectivity index (χ3n) is 2.88. The van der Waals surface area contributed by atoms with E-state index in [-0.39, 0.29) is 20.5 Å². The maximum atomic E-state index is 12.0. The number of unbranched alkanes of at least 4 members (excludes halogenated alkanes) is 3. The maximum Gasteiger partial charge on any atom is 0.251 e. The van der Waals surface area contributed by atoms with Crippen LogP contribution in [0, 0.1) is 0 Å². The van der Waals surface area contributed by atoms with Crippen LogP contribution in [0.15, 0.2) is 17.0 Å². The van der Waals surface area contributed by atoms with Gasteiger partial charge in [0.15, 0.2) is 0 Å². The van der Waals surface area contributed by atoms with Gasteiger partial charge in [0.05, 0.1) is 10.0 Å². The van der Waals surface area contributed by atoms with Crippen molar-refractivity contribution in [3.8, 4) is 0 Å². The van der Waals surface area contributed by atoms with Crippen molar-refractivity contribution >= 4 is 39.1 Å². The summed E-state index contributed by atoms with van der Waals surface area (Å²) in [5.74, 6) is -0.407. The normalized spacial score (nSPS) is 11.4. The quantitative estimate of drug-likeness (QED) is 0.739. The molecule has 0 aliphatic rings. The van der Waals surface area contributed by atoms with E-state index < -0.39 is 15.9 Å². The zero-order valence-corrected chi connectivity index (χ0v) is 14.0. The summed E-state index contributed by atoms with van der Waals surface area (Å²) in [7, 11) is -4.04. The summed E-state index contributed by atoms with van der Waals surface area (Å²) in [5.41, 5.74) is 0.115. The SMILES string of the molecule is CCCCCCNC(=O)c1cc(Cl)c(Cl)c(S(N)(=O)=O)c1. The largest absolute Gasteiger partial charge is 0.352 e. The summed E-state index contributed by atoms with van der Waals surface area (Å²) in [6, 6.07) is 2.45. The lowest BCUT2D eigenvalue weighted by Gasteiger charge is -2.09. The summed E-state index contributed by atoms with van der Waals surface area (Å²) in [6.45, 7) is 2.62. The topological polar surface area (TPSA) is 89.3 Å². The van der Waals surface area contributed by atoms with Crippen molar-refractivity contribution in [2.75, 3.05) is 6.54 Å². The van der Waals surface area contributed by atoms with Crippen molar-refractivity contribution in [2.24, 2.45) is 5.14 Å². The Kier molecular flexibility index (Phi) is 6.93. The Bertz CT molecular complexity index is 618. The second-order valence-electron chi connectivity index (χ2n) is 4.63. The molecular formula is C13H18Cl2N2O3S. The van der Waals surface area contributed by atoms with Crippen LogP contribution in [0.3, 0.4) is 0 Å². The molecule has 118 valence electrons. The third-order valence-corrected chi connectivity index (χ3v) is 4.73. The van der Waals surface area contributed by atoms with Crippen LogP contribution in [0.25, 0.3) is 0 Å². The molecule has 5 nitrogen and oxygen atoms in total. The molecule has 8 heteroatoms. The fourth-order valence-corrected chi connectivity index (χ4v) is 3.12. The van der Waals surface area contributed by atoms with Gasteiger partial charge in [-0.2, -0.15) is 0 Å². The Labute approximate surface area is 134 Å². The highest BCUT2D eigenvalue weighted by Gasteiger charge is 2.19. The van der Waals surface area contributed by atoms with Gasteiger partial charge in [-0.05, 0) is 18.6 Å². The number of nitrogens with two attached hydrogens (primary N) is 1. The van der Waals surface area contributed by atoms with E-state index in [9.17, 15) is 13.2 Å². The molecule has 0 aliphatic heterocycles. The molecule has 3 N–H and O–H groups in total. The van der Waals surface area contributed by atoms with Crippen LogP contribution in [0.2, 0.25) is 10.0 Å². The van der Waals surface area contributed by atoms with Crippen molar-refractivity contribution in [3.05, 3.63) is 27.7 Å². The number of carbonyl (C=O) groups is 1. The zero-order valence-electron chi connectivity index (χ0n) is 11.7. The van der Waals surface area contributed by atoms with Gasteiger partial charge in [0, 0.05) is 12.1 Å². The fraction of sp³-hybridized carbons (Fsp3) is 0.462. The number of carbonyl (C=O) groups excluding carboxylic acids is 1. The molecule has 0 unspecified atom stereocenters. The monoisotopic (exact) mass is 352 g/mol. The average Bonchev–Trinajstić information content (AvgIpc) is 2.39. The van der Waals surface area contributed by atoms with Crippen LogP contribution >= 0.6 is 23.2 Å². The van der Waals surface area contributed by atoms with Crippen LogP contribution < -0.4 is 10.5 Å². The predicted octanol–water partition coefficient (Wildman–Crippen LogP) is 2.95. The maximum absolute atomic E-state index is 12.0. The summed E-state index contributed by atoms with van der Waals surface area (Å²) >= 11 is 11.6. The molecular weight excluding hydrogens is 335 g/mol. The average molecular weight is 353 g/mol. The minimum Gasteiger partial charge on any atom is -0.352 e. The van der Waals surface area contributed by atoms with Gasteiger partial charge in [-0.1, -0.05) is 49.4 Å². The van der Waals surface area contributed by atoms with Gasteiger partial charge < -0.3 is 5.32 Å². The fourth-order valence-electron chi connectivity index (χ4n) is 1.76. The van der Waals surface area contributed by atoms with Crippen LogP contribution in [-0.4, -0.2) is 20.9 Å². The first-order chi connectivity index (χ1) is 9.77. The molecule has 21 heavy (non-hydrogen) atoms. The molecule has 1 aromatic carbocycles. The van der Waals surface area contributed by atoms with Crippen molar-refractivity contribution < 1.29 is 13.2 Å². The predicted molar refractivity (Wildman–Crippen MR) is 84.3 cm³/mol. The van der Waals surface area contributed by atoms with Crippen molar-refractivity contribution in [3.63, 3.8) is 0 Å². The van der Waals surface area contributed by atoms with Crippen molar-refractivity contribution in [1.82, 2.24) is 5.32 Å². The number of benzene rings is 1. The Morgan fingerprint density at radius 2 is 1.90 bits per heavy atom. The van der Waals surface area contributed by atoms with Crippen LogP contribution in [0.4, 0.5) is 0 Å². The summed E-state index contributed by atoms with van der Waals surface area (Å²) in [5, 5.41) is 7.54. The first-order valence-corrected chi connectivity index (χ1v) is 8.87. The Hall–Kier alpha value is -0.820. The van der Waals surface area contributed by atoms with E-state index >= 15 is 0 Å². The van der Waals surface area contributed by atoms with Crippen molar-refractivity contribution in [1.29, 1.82) is 0 Å². The number of hydrogen-bond donors (Lipinski definition) is 2. The second-order valence-corrected chi connectivity index (χ2v) is 6.95. The van der Waals surface area contributed by atoms with E-state index in [0.717, 1.165) is 31.7 Å². The molecule has 0 saturated carbocycles. The molecule has 0 aromatic heterocycles. The lowest BCUT2D eigenvalue weighted by atomic mass is 10.2. The Balaban J connectivity index is 2.84. The minimum absolute atomic E-state index is 0.0284. The Morgan fingerprint density at radius 1 is 1.24 bits per heavy atom. The van der Waals surface area contributed by atoms with Gasteiger partial charge in [0.25, 0.3) is 5.91 Å². The second kappa shape index (κ2) is 7.98. The van der Waals surface area contributed by atoms with E-state index in [0.29, 0.717) is 6.54 Å². The first kappa shape index (κ1) is 18.2. The molecule has 0 saturated heterocycles. The minimum atomic E-state index is -4.04. The number of amides is 1. The molecule has 0 atom stereocenters. The molecule has 0 radical (unpaired) electrons. The van der Waals surface area contributed by atoms with Gasteiger partial charge in [-0.15, -0.1) is 0 Å². The first-order valence-electron chi connectivity index (χ1n) is 6.57. The highest BCUT2D eigenvalue weighted by Crippen LogP contribution is 2.30. The van der Waals surface area contributed by atoms with Crippen LogP contribution in [0.5, 0.6) is 0 Å². The van der Waals surface area contributed by atoms with E-state index in [2.05, 4.69) is 12.2 Å². The van der Waals surface area contributed by atoms with Gasteiger partial charge in [-0.3, -0.25) is 4.79 Å². The zero-order chi connectivity index (χ0) is 16.0. The highest BCUT2D eigenvalue weighted by atomic mass is 35.5. The van der Waals surface area contributed by atoms with Crippen molar-refractivity contribution in [2.45, 2.75) is 37.5 Å². The third kappa shape index (κ3) is 5.47. The molecule has 1 amide bonds. The number of rotatable bonds is 7. The van der Waals surface area contributed by atoms with Crippen LogP contribution in [0.1, 0.15) is 43.0 Å². The molecule has 0 fully saturated rings. The summed E-state index contributed by atoms with van der Waals surface area (Å²) < 4.78 is 22.8. The van der Waals surface area contributed by atoms with E-state index in [1.807, 2.05) is 0 Å². The summed E-state index contributed by atoms with van der Waals surface area (Å²) in [4.78, 5) is 11.6. The number of primary sulfonamides is 1. The number of nitrogens with one attached hydrogen (secondary N) is 1. The molecule has 0 spiro atoms.